The van der Waals surface area contributed by atoms with Crippen molar-refractivity contribution in [1.82, 2.24) is 0 Å². The molecule has 0 aromatic heterocycles. The van der Waals surface area contributed by atoms with Gasteiger partial charge in [-0.3, -0.25) is 18.6 Å². The zero-order chi connectivity index (χ0) is 41.9. The molecular weight excluding hydrogens is 743 g/mol. The van der Waals surface area contributed by atoms with E-state index in [0.29, 0.717) is 12.8 Å². The van der Waals surface area contributed by atoms with Crippen LogP contribution in [0.15, 0.2) is 36.5 Å². The third-order valence-electron chi connectivity index (χ3n) is 9.77. The number of ether oxygens (including phenoxy) is 2. The average molecular weight is 829 g/mol. The molecule has 10 nitrogen and oxygen atoms in total. The molecule has 0 saturated heterocycles. The molecule has 3 N–H and O–H groups in total. The Bertz CT molecular complexity index is 1050. The second kappa shape index (κ2) is 42.3. The predicted molar refractivity (Wildman–Crippen MR) is 233 cm³/mol. The summed E-state index contributed by atoms with van der Waals surface area (Å²) in [4.78, 5) is 35.0. The molecule has 11 heteroatoms. The van der Waals surface area contributed by atoms with Gasteiger partial charge in [0.05, 0.1) is 19.8 Å². The standard InChI is InChI=1S/C46H85O10P/c1-3-5-7-9-11-13-15-17-19-20-21-22-24-25-27-29-31-33-35-37-45(49)53-41-44(42-55-57(51,52)54-40-43(48)39-47)56-46(50)38-36-34-32-30-28-26-23-18-16-14-12-10-8-6-4-2/h12,14,17-19,23,43-44,47-48H,3-11,13,15-16,20-22,24-42H2,1-2H3,(H,51,52)/b14-12+,19-17+,23-18+/t43-,44+/m0/s1. The molecule has 1 unspecified atom stereocenters. The number of phosphoric acid groups is 1. The largest absolute Gasteiger partial charge is 0.472 e. The lowest BCUT2D eigenvalue weighted by Crippen LogP contribution is -2.29. The SMILES string of the molecule is CCCCC/C=C/C/C=C/CCCCCCCC(=O)O[C@H](COC(=O)CCCCCCCCCCC/C=C/CCCCCCCC)COP(=O)(O)OC[C@@H](O)CO. The van der Waals surface area contributed by atoms with Gasteiger partial charge in [-0.25, -0.2) is 4.57 Å². The molecule has 0 aliphatic heterocycles. The van der Waals surface area contributed by atoms with E-state index in [2.05, 4.69) is 50.3 Å². The summed E-state index contributed by atoms with van der Waals surface area (Å²) in [5.74, 6) is -0.939. The van der Waals surface area contributed by atoms with Crippen LogP contribution in [-0.4, -0.2) is 65.7 Å². The Hall–Kier alpha value is -1.81. The Morgan fingerprint density at radius 2 is 0.912 bits per heavy atom. The number of aliphatic hydroxyl groups excluding tert-OH is 2. The number of unbranched alkanes of at least 4 members (excludes halogenated alkanes) is 23. The van der Waals surface area contributed by atoms with E-state index in [4.69, 9.17) is 23.6 Å². The lowest BCUT2D eigenvalue weighted by atomic mass is 10.1. The topological polar surface area (TPSA) is 149 Å². The number of allylic oxidation sites excluding steroid dienone is 6. The molecule has 0 bridgehead atoms. The van der Waals surface area contributed by atoms with Crippen LogP contribution in [0, 0.1) is 0 Å². The van der Waals surface area contributed by atoms with Crippen LogP contribution in [0.1, 0.15) is 206 Å². The lowest BCUT2D eigenvalue weighted by Gasteiger charge is -2.20. The van der Waals surface area contributed by atoms with Crippen molar-refractivity contribution in [2.24, 2.45) is 0 Å². The number of rotatable bonds is 43. The molecule has 0 amide bonds. The summed E-state index contributed by atoms with van der Waals surface area (Å²) in [5, 5.41) is 18.3. The maximum atomic E-state index is 12.6. The van der Waals surface area contributed by atoms with Crippen molar-refractivity contribution in [3.8, 4) is 0 Å². The molecule has 57 heavy (non-hydrogen) atoms. The van der Waals surface area contributed by atoms with Gasteiger partial charge in [0.25, 0.3) is 0 Å². The number of aliphatic hydroxyl groups is 2. The minimum absolute atomic E-state index is 0.168. The van der Waals surface area contributed by atoms with Crippen molar-refractivity contribution in [3.63, 3.8) is 0 Å². The van der Waals surface area contributed by atoms with Gasteiger partial charge in [-0.05, 0) is 70.6 Å². The van der Waals surface area contributed by atoms with Gasteiger partial charge >= 0.3 is 19.8 Å². The maximum Gasteiger partial charge on any atom is 0.472 e. The summed E-state index contributed by atoms with van der Waals surface area (Å²) in [6, 6.07) is 0. The van der Waals surface area contributed by atoms with Gasteiger partial charge in [0.2, 0.25) is 0 Å². The number of phosphoric ester groups is 1. The first kappa shape index (κ1) is 55.2. The van der Waals surface area contributed by atoms with Crippen molar-refractivity contribution in [1.29, 1.82) is 0 Å². The maximum absolute atomic E-state index is 12.6. The van der Waals surface area contributed by atoms with Crippen LogP contribution in [0.2, 0.25) is 0 Å². The number of carbonyl (C=O) groups excluding carboxylic acids is 2. The first-order chi connectivity index (χ1) is 27.7. The van der Waals surface area contributed by atoms with Crippen molar-refractivity contribution >= 4 is 19.8 Å². The Morgan fingerprint density at radius 3 is 1.40 bits per heavy atom. The molecule has 0 spiro atoms. The number of esters is 2. The number of carbonyl (C=O) groups is 2. The first-order valence-electron chi connectivity index (χ1n) is 22.9. The van der Waals surface area contributed by atoms with Crippen LogP contribution >= 0.6 is 7.82 Å². The number of hydrogen-bond donors (Lipinski definition) is 3. The Balaban J connectivity index is 4.26. The summed E-state index contributed by atoms with van der Waals surface area (Å²) in [6.07, 6.45) is 43.9. The molecular formula is C46H85O10P. The fourth-order valence-corrected chi connectivity index (χ4v) is 6.98. The third kappa shape index (κ3) is 42.1. The van der Waals surface area contributed by atoms with Gasteiger partial charge in [0, 0.05) is 12.8 Å². The summed E-state index contributed by atoms with van der Waals surface area (Å²) in [6.45, 7) is 2.35. The van der Waals surface area contributed by atoms with Crippen molar-refractivity contribution in [2.45, 2.75) is 219 Å². The van der Waals surface area contributed by atoms with Gasteiger partial charge in [-0.2, -0.15) is 0 Å². The Labute approximate surface area is 348 Å². The van der Waals surface area contributed by atoms with E-state index < -0.39 is 51.8 Å². The van der Waals surface area contributed by atoms with Gasteiger partial charge in [0.15, 0.2) is 6.10 Å². The normalized spacial score (nSPS) is 14.1. The van der Waals surface area contributed by atoms with E-state index in [1.165, 1.54) is 103 Å². The zero-order valence-electron chi connectivity index (χ0n) is 36.3. The van der Waals surface area contributed by atoms with Crippen LogP contribution in [0.3, 0.4) is 0 Å². The van der Waals surface area contributed by atoms with Crippen LogP contribution < -0.4 is 0 Å². The Morgan fingerprint density at radius 1 is 0.526 bits per heavy atom. The van der Waals surface area contributed by atoms with E-state index >= 15 is 0 Å². The van der Waals surface area contributed by atoms with Gasteiger partial charge in [-0.15, -0.1) is 0 Å². The molecule has 334 valence electrons. The molecule has 0 fully saturated rings. The quantitative estimate of drug-likeness (QED) is 0.0235. The molecule has 0 rings (SSSR count). The van der Waals surface area contributed by atoms with Crippen molar-refractivity contribution in [3.05, 3.63) is 36.5 Å². The highest BCUT2D eigenvalue weighted by atomic mass is 31.2. The fraction of sp³-hybridized carbons (Fsp3) is 0.826. The molecule has 3 atom stereocenters. The van der Waals surface area contributed by atoms with Crippen LogP contribution in [0.25, 0.3) is 0 Å². The van der Waals surface area contributed by atoms with E-state index in [0.717, 1.165) is 64.2 Å². The fourth-order valence-electron chi connectivity index (χ4n) is 6.19. The molecule has 0 aromatic carbocycles. The summed E-state index contributed by atoms with van der Waals surface area (Å²) in [5.41, 5.74) is 0. The zero-order valence-corrected chi connectivity index (χ0v) is 37.2. The van der Waals surface area contributed by atoms with Gasteiger partial charge < -0.3 is 24.6 Å². The van der Waals surface area contributed by atoms with E-state index in [1.54, 1.807) is 0 Å². The van der Waals surface area contributed by atoms with E-state index in [9.17, 15) is 24.2 Å². The highest BCUT2D eigenvalue weighted by Crippen LogP contribution is 2.43. The van der Waals surface area contributed by atoms with Gasteiger partial charge in [0.1, 0.15) is 12.7 Å². The summed E-state index contributed by atoms with van der Waals surface area (Å²) in [7, 11) is -4.62. The highest BCUT2D eigenvalue weighted by molar-refractivity contribution is 7.47. The minimum Gasteiger partial charge on any atom is -0.462 e. The molecule has 0 heterocycles. The molecule has 0 saturated carbocycles. The van der Waals surface area contributed by atoms with Crippen LogP contribution in [-0.2, 0) is 32.7 Å². The molecule has 0 radical (unpaired) electrons. The summed E-state index contributed by atoms with van der Waals surface area (Å²) >= 11 is 0. The van der Waals surface area contributed by atoms with Crippen molar-refractivity contribution < 1.29 is 47.8 Å². The van der Waals surface area contributed by atoms with Crippen LogP contribution in [0.5, 0.6) is 0 Å². The highest BCUT2D eigenvalue weighted by Gasteiger charge is 2.27. The minimum atomic E-state index is -4.62. The Kier molecular flexibility index (Phi) is 41.0. The van der Waals surface area contributed by atoms with Gasteiger partial charge in [-0.1, -0.05) is 159 Å². The molecule has 0 aromatic rings. The third-order valence-corrected chi connectivity index (χ3v) is 10.7. The second-order valence-corrected chi connectivity index (χ2v) is 16.9. The van der Waals surface area contributed by atoms with E-state index in [-0.39, 0.29) is 19.4 Å². The monoisotopic (exact) mass is 829 g/mol. The molecule has 0 aliphatic carbocycles. The summed E-state index contributed by atoms with van der Waals surface area (Å²) < 4.78 is 32.7. The van der Waals surface area contributed by atoms with E-state index in [1.807, 2.05) is 0 Å². The predicted octanol–water partition coefficient (Wildman–Crippen LogP) is 12.3. The smallest absolute Gasteiger partial charge is 0.462 e. The molecule has 0 aliphatic rings. The van der Waals surface area contributed by atoms with Crippen LogP contribution in [0.4, 0.5) is 0 Å². The first-order valence-corrected chi connectivity index (χ1v) is 24.4. The number of hydrogen-bond acceptors (Lipinski definition) is 9. The van der Waals surface area contributed by atoms with Crippen molar-refractivity contribution in [2.75, 3.05) is 26.4 Å². The average Bonchev–Trinajstić information content (AvgIpc) is 3.20. The lowest BCUT2D eigenvalue weighted by molar-refractivity contribution is -0.161. The second-order valence-electron chi connectivity index (χ2n) is 15.4.